The van der Waals surface area contributed by atoms with Gasteiger partial charge in [0.15, 0.2) is 0 Å². The molecule has 568 valence electrons. The Labute approximate surface area is 661 Å². The van der Waals surface area contributed by atoms with Gasteiger partial charge in [0.25, 0.3) is 0 Å². The van der Waals surface area contributed by atoms with Gasteiger partial charge in [0, 0.05) is 27.8 Å². The van der Waals surface area contributed by atoms with Crippen LogP contribution < -0.4 is 57.4 Å². The third-order valence-corrected chi connectivity index (χ3v) is 25.0. The molecule has 12 rings (SSSR count). The normalized spacial score (nSPS) is 12.6. The third kappa shape index (κ3) is 20.5. The zero-order valence-electron chi connectivity index (χ0n) is 67.9. The Morgan fingerprint density at radius 3 is 0.818 bits per heavy atom. The highest BCUT2D eigenvalue weighted by molar-refractivity contribution is 7.57. The number of aryl methyl sites for hydroxylation is 10. The van der Waals surface area contributed by atoms with Crippen LogP contribution in [-0.4, -0.2) is 0 Å². The Morgan fingerprint density at radius 2 is 0.536 bits per heavy atom. The average molecular weight is 1540 g/mol. The minimum atomic E-state index is -1.60. The molecule has 8 nitrogen and oxygen atoms in total. The van der Waals surface area contributed by atoms with Gasteiger partial charge in [-0.3, -0.25) is 0 Å². The van der Waals surface area contributed by atoms with E-state index in [0.29, 0.717) is 0 Å². The molecule has 0 aliphatic rings. The Bertz CT molecular complexity index is 4940. The second-order valence-electron chi connectivity index (χ2n) is 31.2. The second kappa shape index (κ2) is 36.7. The number of para-hydroxylation sites is 2. The average Bonchev–Trinajstić information content (AvgIpc) is 0.775. The van der Waals surface area contributed by atoms with Crippen LogP contribution >= 0.6 is 33.5 Å². The summed E-state index contributed by atoms with van der Waals surface area (Å²) in [5.41, 5.74) is 19.2. The lowest BCUT2D eigenvalue weighted by Crippen LogP contribution is -2.19. The molecule has 0 spiro atoms. The van der Waals surface area contributed by atoms with Gasteiger partial charge in [0.05, 0.1) is 21.2 Å². The van der Waals surface area contributed by atoms with Crippen LogP contribution in [0.3, 0.4) is 0 Å². The van der Waals surface area contributed by atoms with Crippen molar-refractivity contribution >= 4 is 54.7 Å². The molecule has 12 aromatic carbocycles. The van der Waals surface area contributed by atoms with Crippen LogP contribution in [0.2, 0.25) is 0 Å². The predicted molar refractivity (Wildman–Crippen MR) is 469 cm³/mol. The molecule has 0 bridgehead atoms. The molecule has 0 fully saturated rings. The van der Waals surface area contributed by atoms with E-state index in [1.807, 2.05) is 91.0 Å². The van der Waals surface area contributed by atoms with Gasteiger partial charge in [-0.2, -0.15) is 0 Å². The molecule has 4 atom stereocenters. The highest BCUT2D eigenvalue weighted by atomic mass is 31.2. The van der Waals surface area contributed by atoms with Crippen molar-refractivity contribution in [3.05, 3.63) is 333 Å². The summed E-state index contributed by atoms with van der Waals surface area (Å²) in [4.78, 5) is 0. The molecule has 0 aliphatic carbocycles. The molecule has 110 heavy (non-hydrogen) atoms. The lowest BCUT2D eigenvalue weighted by molar-refractivity contribution is 0.442. The Kier molecular flexibility index (Phi) is 27.3. The molecule has 0 saturated carbocycles. The van der Waals surface area contributed by atoms with Crippen molar-refractivity contribution < 1.29 is 36.2 Å². The van der Waals surface area contributed by atoms with Crippen molar-refractivity contribution in [2.45, 2.75) is 174 Å². The van der Waals surface area contributed by atoms with E-state index >= 15 is 0 Å². The summed E-state index contributed by atoms with van der Waals surface area (Å²) in [7, 11) is -6.36. The predicted octanol–water partition coefficient (Wildman–Crippen LogP) is 27.8. The van der Waals surface area contributed by atoms with Crippen LogP contribution in [0, 0.1) is 69.2 Å². The Hall–Kier alpha value is -9.24. The maximum absolute atomic E-state index is 7.24. The fraction of sp³-hybridized carbons (Fsp3) is 0.265. The standard InChI is InChI=1S/C50H56O4P2.C48H52O4P2/c1-11-30-50(9,10)44-27-19-21-29-46(44)52-56(40-24-16-13-17-25-40)54-48-38(5)32-36(3)34-42(48)41-33-35(2)31-37(4)47(41)53-55(39-22-14-12-15-23-39)51-45-28-20-18-26-43(45)49(6,7)8;1-31(2)41-23-21-33(5)29-45(41)49-53(39-17-13-11-14-18-39)51-47-37(9)25-35(7)27-43(47)44-28-36(8)26-38(10)48(44)52-54(40-19-15-12-16-20-40)50-46-30-34(6)22-24-42(46)32(3)4/h12-29,31-34H,11,30H2,1-10H3;11-32H,1-10H3. The van der Waals surface area contributed by atoms with E-state index < -0.39 is 33.5 Å². The summed E-state index contributed by atoms with van der Waals surface area (Å²) in [6.45, 7) is 43.5. The van der Waals surface area contributed by atoms with Crippen molar-refractivity contribution in [1.82, 2.24) is 0 Å². The monoisotopic (exact) mass is 1540 g/mol. The molecule has 12 heteroatoms. The van der Waals surface area contributed by atoms with Gasteiger partial charge >= 0.3 is 33.5 Å². The lowest BCUT2D eigenvalue weighted by Gasteiger charge is -2.29. The van der Waals surface area contributed by atoms with Gasteiger partial charge in [-0.1, -0.05) is 233 Å². The van der Waals surface area contributed by atoms with E-state index in [1.165, 1.54) is 5.56 Å². The van der Waals surface area contributed by atoms with Gasteiger partial charge in [-0.05, 0) is 268 Å². The van der Waals surface area contributed by atoms with E-state index in [2.05, 4.69) is 302 Å². The molecule has 0 radical (unpaired) electrons. The largest absolute Gasteiger partial charge is 0.435 e. The SMILES string of the molecule is CCCC(C)(C)c1ccccc1OP(Oc1c(C)cc(C)cc1-c1cc(C)cc(C)c1OP(Oc1ccccc1C(C)(C)C)c1ccccc1)c1ccccc1.Cc1ccc(C(C)C)c(OP(Oc2c(C)cc(C)cc2-c2cc(C)cc(C)c2OP(Oc2cc(C)ccc2C(C)C)c2ccccc2)c2ccccc2)c1. The van der Waals surface area contributed by atoms with Crippen molar-refractivity contribution in [3.63, 3.8) is 0 Å². The summed E-state index contributed by atoms with van der Waals surface area (Å²) in [6, 6.07) is 88.3. The highest BCUT2D eigenvalue weighted by Crippen LogP contribution is 2.55. The van der Waals surface area contributed by atoms with Crippen LogP contribution in [-0.2, 0) is 10.8 Å². The summed E-state index contributed by atoms with van der Waals surface area (Å²) in [5, 5.41) is 3.96. The molecule has 0 aromatic heterocycles. The number of hydrogen-bond acceptors (Lipinski definition) is 8. The molecule has 0 N–H and O–H groups in total. The highest BCUT2D eigenvalue weighted by Gasteiger charge is 2.33. The number of hydrogen-bond donors (Lipinski definition) is 0. The van der Waals surface area contributed by atoms with Gasteiger partial charge in [-0.15, -0.1) is 0 Å². The van der Waals surface area contributed by atoms with Crippen LogP contribution in [0.4, 0.5) is 0 Å². The molecule has 0 amide bonds. The fourth-order valence-electron chi connectivity index (χ4n) is 13.9. The van der Waals surface area contributed by atoms with Gasteiger partial charge in [0.1, 0.15) is 46.0 Å². The number of rotatable bonds is 27. The lowest BCUT2D eigenvalue weighted by atomic mass is 9.80. The first-order chi connectivity index (χ1) is 52.6. The molecule has 12 aromatic rings. The van der Waals surface area contributed by atoms with Crippen LogP contribution in [0.25, 0.3) is 22.3 Å². The van der Waals surface area contributed by atoms with E-state index in [0.717, 1.165) is 175 Å². The molecule has 0 heterocycles. The maximum Gasteiger partial charge on any atom is 0.326 e. The van der Waals surface area contributed by atoms with Crippen LogP contribution in [0.5, 0.6) is 46.0 Å². The minimum Gasteiger partial charge on any atom is -0.435 e. The van der Waals surface area contributed by atoms with Crippen molar-refractivity contribution in [1.29, 1.82) is 0 Å². The van der Waals surface area contributed by atoms with Crippen molar-refractivity contribution in [2.75, 3.05) is 0 Å². The number of benzene rings is 12. The zero-order chi connectivity index (χ0) is 78.6. The van der Waals surface area contributed by atoms with E-state index in [-0.39, 0.29) is 22.7 Å². The third-order valence-electron chi connectivity index (χ3n) is 19.3. The molecule has 0 saturated heterocycles. The first kappa shape index (κ1) is 81.7. The smallest absolute Gasteiger partial charge is 0.326 e. The first-order valence-electron chi connectivity index (χ1n) is 38.3. The Morgan fingerprint density at radius 1 is 0.273 bits per heavy atom. The molecular weight excluding hydrogens is 1430 g/mol. The van der Waals surface area contributed by atoms with Gasteiger partial charge in [-0.25, -0.2) is 0 Å². The molecule has 0 aliphatic heterocycles. The quantitative estimate of drug-likeness (QED) is 0.0472. The molecular formula is C98H108O8P4. The van der Waals surface area contributed by atoms with Crippen molar-refractivity contribution in [2.24, 2.45) is 0 Å². The molecule has 4 unspecified atom stereocenters. The summed E-state index contributed by atoms with van der Waals surface area (Å²) < 4.78 is 56.7. The zero-order valence-corrected chi connectivity index (χ0v) is 71.5. The topological polar surface area (TPSA) is 73.8 Å². The van der Waals surface area contributed by atoms with Crippen LogP contribution in [0.1, 0.15) is 172 Å². The second-order valence-corrected chi connectivity index (χ2v) is 36.8. The summed E-state index contributed by atoms with van der Waals surface area (Å²) in [5.74, 6) is 7.04. The Balaban J connectivity index is 0.000000218. The van der Waals surface area contributed by atoms with E-state index in [9.17, 15) is 0 Å². The van der Waals surface area contributed by atoms with Crippen molar-refractivity contribution in [3.8, 4) is 68.2 Å². The van der Waals surface area contributed by atoms with Crippen LogP contribution in [0.15, 0.2) is 255 Å². The minimum absolute atomic E-state index is 0.0636. The van der Waals surface area contributed by atoms with Gasteiger partial charge in [0.2, 0.25) is 0 Å². The summed E-state index contributed by atoms with van der Waals surface area (Å²) >= 11 is 0. The van der Waals surface area contributed by atoms with E-state index in [1.54, 1.807) is 0 Å². The fourth-order valence-corrected chi connectivity index (χ4v) is 19.5. The van der Waals surface area contributed by atoms with E-state index in [4.69, 9.17) is 36.2 Å². The summed E-state index contributed by atoms with van der Waals surface area (Å²) in [6.07, 6.45) is 2.13. The maximum atomic E-state index is 7.24. The first-order valence-corrected chi connectivity index (χ1v) is 43.0. The van der Waals surface area contributed by atoms with Gasteiger partial charge < -0.3 is 36.2 Å².